The first kappa shape index (κ1) is 26.1. The molecule has 0 fully saturated rings. The molecule has 41 heavy (non-hydrogen) atoms. The maximum Gasteiger partial charge on any atom is 0.433 e. The second-order valence-corrected chi connectivity index (χ2v) is 9.63. The molecule has 1 aromatic carbocycles. The molecule has 0 aliphatic heterocycles. The van der Waals surface area contributed by atoms with E-state index in [2.05, 4.69) is 25.5 Å². The van der Waals surface area contributed by atoms with Crippen LogP contribution >= 0.6 is 11.3 Å². The van der Waals surface area contributed by atoms with E-state index in [1.54, 1.807) is 54.8 Å². The number of aromatic nitrogens is 6. The maximum absolute atomic E-state index is 13.9. The van der Waals surface area contributed by atoms with Gasteiger partial charge in [0.05, 0.1) is 29.1 Å². The Bertz CT molecular complexity index is 1930. The van der Waals surface area contributed by atoms with Gasteiger partial charge in [-0.25, -0.2) is 23.8 Å². The van der Waals surface area contributed by atoms with Gasteiger partial charge in [-0.3, -0.25) is 4.79 Å². The number of thiophene rings is 1. The lowest BCUT2D eigenvalue weighted by atomic mass is 10.1. The molecule has 0 saturated carbocycles. The third kappa shape index (κ3) is 4.89. The van der Waals surface area contributed by atoms with Gasteiger partial charge in [0.2, 0.25) is 0 Å². The molecule has 5 heterocycles. The summed E-state index contributed by atoms with van der Waals surface area (Å²) in [4.78, 5) is 34.4. The van der Waals surface area contributed by atoms with Crippen LogP contribution in [0, 0.1) is 0 Å². The number of hydrogen-bond donors (Lipinski definition) is 1. The Morgan fingerprint density at radius 1 is 1.07 bits per heavy atom. The van der Waals surface area contributed by atoms with Gasteiger partial charge in [-0.2, -0.15) is 23.4 Å². The SMILES string of the molecule is CCOC(=O)c1cnn2c(-c3cccc(NC(=O)c4cc5nc(-c6cccs6)cc(C(F)(F)F)n5n4)c3)ccnc12. The molecule has 6 aromatic rings. The van der Waals surface area contributed by atoms with E-state index in [1.165, 1.54) is 34.3 Å². The number of nitrogens with one attached hydrogen (secondary N) is 1. The Labute approximate surface area is 233 Å². The highest BCUT2D eigenvalue weighted by Crippen LogP contribution is 2.33. The third-order valence-electron chi connectivity index (χ3n) is 6.04. The first-order chi connectivity index (χ1) is 19.7. The number of benzene rings is 1. The average Bonchev–Trinajstić information content (AvgIpc) is 3.71. The van der Waals surface area contributed by atoms with Crippen molar-refractivity contribution in [2.45, 2.75) is 13.1 Å². The summed E-state index contributed by atoms with van der Waals surface area (Å²) in [5, 5.41) is 12.6. The largest absolute Gasteiger partial charge is 0.462 e. The number of halogens is 3. The molecule has 0 aliphatic rings. The second-order valence-electron chi connectivity index (χ2n) is 8.68. The Balaban J connectivity index is 1.32. The van der Waals surface area contributed by atoms with E-state index in [0.717, 1.165) is 6.07 Å². The number of alkyl halides is 3. The molecular formula is C27H18F3N7O3S. The standard InChI is InChI=1S/C27H18F3N7O3S/c1-2-40-26(39)17-14-32-36-20(8-9-31-24(17)36)15-5-3-6-16(11-15)33-25(38)19-13-23-34-18(21-7-4-10-41-21)12-22(27(28,29)30)37(23)35-19/h3-14H,2H2,1H3,(H,33,38). The molecule has 0 atom stereocenters. The number of nitrogens with zero attached hydrogens (tertiary/aromatic N) is 6. The number of amides is 1. The van der Waals surface area contributed by atoms with E-state index in [-0.39, 0.29) is 29.2 Å². The van der Waals surface area contributed by atoms with Crippen molar-refractivity contribution >= 4 is 40.2 Å². The van der Waals surface area contributed by atoms with Crippen molar-refractivity contribution in [3.05, 3.63) is 89.3 Å². The molecular weight excluding hydrogens is 559 g/mol. The van der Waals surface area contributed by atoms with Gasteiger partial charge in [0.25, 0.3) is 5.91 Å². The van der Waals surface area contributed by atoms with Crippen LogP contribution in [-0.4, -0.2) is 47.7 Å². The van der Waals surface area contributed by atoms with E-state index in [0.29, 0.717) is 32.0 Å². The van der Waals surface area contributed by atoms with Gasteiger partial charge in [-0.1, -0.05) is 18.2 Å². The first-order valence-electron chi connectivity index (χ1n) is 12.2. The van der Waals surface area contributed by atoms with Gasteiger partial charge in [0, 0.05) is 23.5 Å². The summed E-state index contributed by atoms with van der Waals surface area (Å²) in [7, 11) is 0. The predicted octanol–water partition coefficient (Wildman–Crippen LogP) is 5.62. The highest BCUT2D eigenvalue weighted by molar-refractivity contribution is 7.13. The van der Waals surface area contributed by atoms with Crippen LogP contribution in [0.25, 0.3) is 33.1 Å². The van der Waals surface area contributed by atoms with Crippen molar-refractivity contribution in [1.29, 1.82) is 0 Å². The fourth-order valence-corrected chi connectivity index (χ4v) is 4.94. The zero-order valence-electron chi connectivity index (χ0n) is 21.1. The van der Waals surface area contributed by atoms with Crippen LogP contribution in [0.15, 0.2) is 72.4 Å². The Hall–Kier alpha value is -5.11. The van der Waals surface area contributed by atoms with Crippen molar-refractivity contribution in [2.24, 2.45) is 0 Å². The second kappa shape index (κ2) is 10.1. The zero-order chi connectivity index (χ0) is 28.7. The summed E-state index contributed by atoms with van der Waals surface area (Å²) in [6.45, 7) is 1.90. The number of carbonyl (C=O) groups is 2. The Morgan fingerprint density at radius 3 is 2.68 bits per heavy atom. The molecule has 0 saturated heterocycles. The highest BCUT2D eigenvalue weighted by Gasteiger charge is 2.36. The predicted molar refractivity (Wildman–Crippen MR) is 144 cm³/mol. The van der Waals surface area contributed by atoms with Gasteiger partial charge in [-0.05, 0) is 42.6 Å². The van der Waals surface area contributed by atoms with Gasteiger partial charge < -0.3 is 10.1 Å². The quantitative estimate of drug-likeness (QED) is 0.256. The van der Waals surface area contributed by atoms with Crippen molar-refractivity contribution in [3.8, 4) is 21.8 Å². The molecule has 6 rings (SSSR count). The number of rotatable bonds is 6. The lowest BCUT2D eigenvalue weighted by molar-refractivity contribution is -0.142. The van der Waals surface area contributed by atoms with Crippen LogP contribution in [-0.2, 0) is 10.9 Å². The minimum absolute atomic E-state index is 0.114. The molecule has 0 aliphatic carbocycles. The van der Waals surface area contributed by atoms with Gasteiger partial charge in [-0.15, -0.1) is 11.3 Å². The number of anilines is 1. The first-order valence-corrected chi connectivity index (χ1v) is 13.0. The molecule has 1 N–H and O–H groups in total. The Morgan fingerprint density at radius 2 is 1.93 bits per heavy atom. The Kier molecular flexibility index (Phi) is 6.46. The molecule has 0 radical (unpaired) electrons. The fourth-order valence-electron chi connectivity index (χ4n) is 4.25. The lowest BCUT2D eigenvalue weighted by Crippen LogP contribution is -2.15. The van der Waals surface area contributed by atoms with Crippen molar-refractivity contribution in [3.63, 3.8) is 0 Å². The molecule has 14 heteroatoms. The number of fused-ring (bicyclic) bond motifs is 2. The summed E-state index contributed by atoms with van der Waals surface area (Å²) < 4.78 is 48.8. The topological polar surface area (TPSA) is 116 Å². The average molecular weight is 578 g/mol. The highest BCUT2D eigenvalue weighted by atomic mass is 32.1. The molecule has 10 nitrogen and oxygen atoms in total. The lowest BCUT2D eigenvalue weighted by Gasteiger charge is -2.10. The minimum Gasteiger partial charge on any atom is -0.462 e. The number of ether oxygens (including phenoxy) is 1. The molecule has 0 unspecified atom stereocenters. The van der Waals surface area contributed by atoms with Crippen LogP contribution in [0.5, 0.6) is 0 Å². The number of esters is 1. The van der Waals surface area contributed by atoms with Gasteiger partial charge in [0.15, 0.2) is 22.7 Å². The number of hydrogen-bond acceptors (Lipinski definition) is 8. The molecule has 1 amide bonds. The van der Waals surface area contributed by atoms with Crippen molar-refractivity contribution < 1.29 is 27.5 Å². The summed E-state index contributed by atoms with van der Waals surface area (Å²) in [5.74, 6) is -1.27. The van der Waals surface area contributed by atoms with Crippen molar-refractivity contribution in [1.82, 2.24) is 29.2 Å². The van der Waals surface area contributed by atoms with E-state index >= 15 is 0 Å². The smallest absolute Gasteiger partial charge is 0.433 e. The van der Waals surface area contributed by atoms with E-state index in [4.69, 9.17) is 4.74 Å². The summed E-state index contributed by atoms with van der Waals surface area (Å²) in [5.41, 5.74) is 0.805. The summed E-state index contributed by atoms with van der Waals surface area (Å²) in [6, 6.07) is 13.9. The fraction of sp³-hybridized carbons (Fsp3) is 0.111. The van der Waals surface area contributed by atoms with Crippen LogP contribution in [0.3, 0.4) is 0 Å². The molecule has 206 valence electrons. The normalized spacial score (nSPS) is 11.7. The molecule has 5 aromatic heterocycles. The van der Waals surface area contributed by atoms with Crippen LogP contribution < -0.4 is 5.32 Å². The van der Waals surface area contributed by atoms with Crippen molar-refractivity contribution in [2.75, 3.05) is 11.9 Å². The van der Waals surface area contributed by atoms with Gasteiger partial charge in [0.1, 0.15) is 5.56 Å². The van der Waals surface area contributed by atoms with Crippen LogP contribution in [0.4, 0.5) is 18.9 Å². The zero-order valence-corrected chi connectivity index (χ0v) is 21.9. The van der Waals surface area contributed by atoms with Crippen LogP contribution in [0.1, 0.15) is 33.5 Å². The molecule has 0 spiro atoms. The van der Waals surface area contributed by atoms with E-state index in [9.17, 15) is 22.8 Å². The van der Waals surface area contributed by atoms with E-state index in [1.807, 2.05) is 0 Å². The third-order valence-corrected chi connectivity index (χ3v) is 6.93. The van der Waals surface area contributed by atoms with Gasteiger partial charge >= 0.3 is 12.1 Å². The summed E-state index contributed by atoms with van der Waals surface area (Å²) >= 11 is 1.25. The van der Waals surface area contributed by atoms with E-state index < -0.39 is 23.7 Å². The molecule has 0 bridgehead atoms. The maximum atomic E-state index is 13.9. The number of carbonyl (C=O) groups excluding carboxylic acids is 2. The monoisotopic (exact) mass is 577 g/mol. The summed E-state index contributed by atoms with van der Waals surface area (Å²) in [6.07, 6.45) is -1.84. The van der Waals surface area contributed by atoms with Crippen LogP contribution in [0.2, 0.25) is 0 Å². The minimum atomic E-state index is -4.73.